The third kappa shape index (κ3) is 2.52. The van der Waals surface area contributed by atoms with Crippen molar-refractivity contribution in [2.24, 2.45) is 10.8 Å². The smallest absolute Gasteiger partial charge is 0.158 e. The van der Waals surface area contributed by atoms with Crippen LogP contribution in [-0.4, -0.2) is 5.78 Å². The van der Waals surface area contributed by atoms with Crippen LogP contribution in [0, 0.1) is 28.0 Å². The second kappa shape index (κ2) is 5.29. The number of carbonyl (C=O) groups excluding carboxylic acids is 1. The van der Waals surface area contributed by atoms with Gasteiger partial charge < -0.3 is 0 Å². The average molecular weight is 338 g/mol. The molecule has 0 heterocycles. The Morgan fingerprint density at radius 3 is 2.75 bits per heavy atom. The lowest BCUT2D eigenvalue weighted by Crippen LogP contribution is -2.45. The lowest BCUT2D eigenvalue weighted by atomic mass is 9.61. The molecule has 20 heavy (non-hydrogen) atoms. The summed E-state index contributed by atoms with van der Waals surface area (Å²) < 4.78 is 13.9. The van der Waals surface area contributed by atoms with E-state index in [-0.39, 0.29) is 18.0 Å². The summed E-state index contributed by atoms with van der Waals surface area (Å²) in [7, 11) is 0. The molecular formula is C16H17BrFNO. The van der Waals surface area contributed by atoms with Crippen molar-refractivity contribution in [3.05, 3.63) is 34.1 Å². The van der Waals surface area contributed by atoms with E-state index in [9.17, 15) is 14.4 Å². The highest BCUT2D eigenvalue weighted by atomic mass is 79.9. The van der Waals surface area contributed by atoms with Crippen molar-refractivity contribution in [3.8, 4) is 6.07 Å². The predicted octanol–water partition coefficient (Wildman–Crippen LogP) is 4.42. The van der Waals surface area contributed by atoms with Gasteiger partial charge in [0.1, 0.15) is 11.2 Å². The fourth-order valence-electron chi connectivity index (χ4n) is 3.03. The Bertz CT molecular complexity index is 591. The number of nitriles is 1. The average Bonchev–Trinajstić information content (AvgIpc) is 2.40. The van der Waals surface area contributed by atoms with Crippen molar-refractivity contribution in [2.45, 2.75) is 39.5 Å². The molecule has 1 fully saturated rings. The van der Waals surface area contributed by atoms with Crippen LogP contribution >= 0.6 is 15.9 Å². The van der Waals surface area contributed by atoms with Crippen molar-refractivity contribution in [1.82, 2.24) is 0 Å². The highest BCUT2D eigenvalue weighted by Crippen LogP contribution is 2.45. The summed E-state index contributed by atoms with van der Waals surface area (Å²) in [6.07, 6.45) is 2.47. The van der Waals surface area contributed by atoms with Crippen molar-refractivity contribution in [3.63, 3.8) is 0 Å². The maximum Gasteiger partial charge on any atom is 0.158 e. The third-order valence-electron chi connectivity index (χ3n) is 4.19. The molecule has 0 saturated heterocycles. The molecule has 1 aliphatic rings. The van der Waals surface area contributed by atoms with E-state index in [0.29, 0.717) is 16.5 Å². The molecular weight excluding hydrogens is 321 g/mol. The van der Waals surface area contributed by atoms with Gasteiger partial charge in [0, 0.05) is 5.41 Å². The van der Waals surface area contributed by atoms with Crippen LogP contribution < -0.4 is 0 Å². The van der Waals surface area contributed by atoms with E-state index >= 15 is 0 Å². The first-order chi connectivity index (χ1) is 9.32. The van der Waals surface area contributed by atoms with Crippen LogP contribution in [0.15, 0.2) is 22.7 Å². The van der Waals surface area contributed by atoms with Gasteiger partial charge >= 0.3 is 0 Å². The molecule has 1 aliphatic carbocycles. The predicted molar refractivity (Wildman–Crippen MR) is 78.5 cm³/mol. The number of Topliss-reactive ketones (excluding diaryl/α,β-unsaturated/α-hetero) is 1. The van der Waals surface area contributed by atoms with Crippen molar-refractivity contribution in [1.29, 1.82) is 5.26 Å². The molecule has 0 aromatic heterocycles. The van der Waals surface area contributed by atoms with Crippen LogP contribution in [0.1, 0.15) is 38.7 Å². The molecule has 1 saturated carbocycles. The van der Waals surface area contributed by atoms with E-state index in [1.165, 1.54) is 6.07 Å². The third-order valence-corrected chi connectivity index (χ3v) is 5.08. The van der Waals surface area contributed by atoms with Crippen LogP contribution in [0.2, 0.25) is 0 Å². The van der Waals surface area contributed by atoms with Gasteiger partial charge in [-0.25, -0.2) is 4.39 Å². The Morgan fingerprint density at radius 2 is 2.10 bits per heavy atom. The van der Waals surface area contributed by atoms with Gasteiger partial charge in [0.05, 0.1) is 10.5 Å². The zero-order valence-electron chi connectivity index (χ0n) is 11.7. The second-order valence-electron chi connectivity index (χ2n) is 6.15. The minimum atomic E-state index is -1.03. The fourth-order valence-corrected chi connectivity index (χ4v) is 3.44. The van der Waals surface area contributed by atoms with Crippen LogP contribution in [0.4, 0.5) is 4.39 Å². The number of hydrogen-bond donors (Lipinski definition) is 0. The zero-order chi connectivity index (χ0) is 15.0. The number of ketones is 1. The van der Waals surface area contributed by atoms with Crippen molar-refractivity contribution < 1.29 is 9.18 Å². The van der Waals surface area contributed by atoms with E-state index in [4.69, 9.17) is 0 Å². The monoisotopic (exact) mass is 337 g/mol. The summed E-state index contributed by atoms with van der Waals surface area (Å²) in [5.41, 5.74) is -0.830. The highest BCUT2D eigenvalue weighted by molar-refractivity contribution is 9.10. The van der Waals surface area contributed by atoms with Crippen LogP contribution in [0.5, 0.6) is 0 Å². The molecule has 0 aliphatic heterocycles. The fraction of sp³-hybridized carbons (Fsp3) is 0.500. The summed E-state index contributed by atoms with van der Waals surface area (Å²) in [6, 6.07) is 6.96. The Balaban J connectivity index is 2.40. The summed E-state index contributed by atoms with van der Waals surface area (Å²) in [4.78, 5) is 12.7. The maximum absolute atomic E-state index is 13.6. The molecule has 106 valence electrons. The number of nitrogens with zero attached hydrogens (tertiary/aromatic N) is 1. The quantitative estimate of drug-likeness (QED) is 0.801. The van der Waals surface area contributed by atoms with Gasteiger partial charge in [-0.2, -0.15) is 5.26 Å². The minimum Gasteiger partial charge on any atom is -0.297 e. The van der Waals surface area contributed by atoms with Crippen LogP contribution in [0.3, 0.4) is 0 Å². The number of halogens is 2. The van der Waals surface area contributed by atoms with E-state index in [0.717, 1.165) is 12.8 Å². The molecule has 0 bridgehead atoms. The molecule has 0 N–H and O–H groups in total. The van der Waals surface area contributed by atoms with Gasteiger partial charge in [0.25, 0.3) is 0 Å². The zero-order valence-corrected chi connectivity index (χ0v) is 13.3. The van der Waals surface area contributed by atoms with Gasteiger partial charge in [-0.05, 0) is 46.8 Å². The van der Waals surface area contributed by atoms with Crippen molar-refractivity contribution in [2.75, 3.05) is 0 Å². The second-order valence-corrected chi connectivity index (χ2v) is 6.94. The molecule has 2 nitrogen and oxygen atoms in total. The lowest BCUT2D eigenvalue weighted by molar-refractivity contribution is -0.138. The van der Waals surface area contributed by atoms with Gasteiger partial charge in [0.2, 0.25) is 0 Å². The summed E-state index contributed by atoms with van der Waals surface area (Å²) in [6.45, 7) is 3.78. The highest BCUT2D eigenvalue weighted by Gasteiger charge is 2.49. The molecule has 1 unspecified atom stereocenters. The van der Waals surface area contributed by atoms with Crippen LogP contribution in [-0.2, 0) is 11.2 Å². The topological polar surface area (TPSA) is 40.9 Å². The minimum absolute atomic E-state index is 0.0186. The summed E-state index contributed by atoms with van der Waals surface area (Å²) in [5, 5.41) is 9.59. The first kappa shape index (κ1) is 15.2. The molecule has 4 heteroatoms. The summed E-state index contributed by atoms with van der Waals surface area (Å²) >= 11 is 3.21. The maximum atomic E-state index is 13.6. The van der Waals surface area contributed by atoms with E-state index in [1.54, 1.807) is 12.1 Å². The lowest BCUT2D eigenvalue weighted by Gasteiger charge is -2.39. The van der Waals surface area contributed by atoms with E-state index < -0.39 is 10.8 Å². The number of benzene rings is 1. The molecule has 0 radical (unpaired) electrons. The largest absolute Gasteiger partial charge is 0.297 e. The molecule has 2 rings (SSSR count). The Hall–Kier alpha value is -1.21. The standard InChI is InChI=1S/C16H17BrFNO/c1-15(2)7-4-8-16(10-19,14(15)20)9-11-5-3-6-12(18)13(11)17/h3,5-6H,4,7-9H2,1-2H3. The van der Waals surface area contributed by atoms with Gasteiger partial charge in [-0.1, -0.05) is 32.4 Å². The molecule has 1 aromatic rings. The first-order valence-electron chi connectivity index (χ1n) is 6.71. The molecule has 0 amide bonds. The van der Waals surface area contributed by atoms with E-state index in [1.807, 2.05) is 13.8 Å². The first-order valence-corrected chi connectivity index (χ1v) is 7.51. The molecule has 1 atom stereocenters. The molecule has 1 aromatic carbocycles. The normalized spacial score (nSPS) is 25.2. The van der Waals surface area contributed by atoms with Gasteiger partial charge in [-0.15, -0.1) is 0 Å². The SMILES string of the molecule is CC1(C)CCCC(C#N)(Cc2cccc(F)c2Br)C1=O. The molecule has 0 spiro atoms. The van der Waals surface area contributed by atoms with Gasteiger partial charge in [-0.3, -0.25) is 4.79 Å². The summed E-state index contributed by atoms with van der Waals surface area (Å²) in [5.74, 6) is -0.381. The Kier molecular flexibility index (Phi) is 4.02. The van der Waals surface area contributed by atoms with Crippen LogP contribution in [0.25, 0.3) is 0 Å². The number of rotatable bonds is 2. The Labute approximate surface area is 127 Å². The van der Waals surface area contributed by atoms with Gasteiger partial charge in [0.15, 0.2) is 5.78 Å². The number of hydrogen-bond acceptors (Lipinski definition) is 2. The number of carbonyl (C=O) groups is 1. The van der Waals surface area contributed by atoms with Crippen molar-refractivity contribution >= 4 is 21.7 Å². The Morgan fingerprint density at radius 1 is 1.40 bits per heavy atom. The van der Waals surface area contributed by atoms with E-state index in [2.05, 4.69) is 22.0 Å².